The van der Waals surface area contributed by atoms with Crippen LogP contribution < -0.4 is 0 Å². The lowest BCUT2D eigenvalue weighted by Gasteiger charge is -2.04. The Morgan fingerprint density at radius 1 is 0.826 bits per heavy atom. The van der Waals surface area contributed by atoms with Crippen LogP contribution in [0, 0.1) is 10.1 Å². The summed E-state index contributed by atoms with van der Waals surface area (Å²) in [5, 5.41) is 19.3. The van der Waals surface area contributed by atoms with E-state index in [2.05, 4.69) is 20.2 Å². The number of nitro benzene ring substituents is 1. The fraction of sp³-hybridized carbons (Fsp3) is 0. The van der Waals surface area contributed by atoms with Gasteiger partial charge in [0.15, 0.2) is 11.6 Å². The van der Waals surface area contributed by atoms with Crippen molar-refractivity contribution in [3.8, 4) is 11.1 Å². The van der Waals surface area contributed by atoms with Crippen LogP contribution in [0.25, 0.3) is 11.1 Å². The number of para-hydroxylation sites is 1. The number of aromatic nitrogens is 2. The predicted octanol–water partition coefficient (Wildman–Crippen LogP) is 4.47. The number of hydrogen-bond acceptors (Lipinski definition) is 6. The highest BCUT2D eigenvalue weighted by Crippen LogP contribution is 2.35. The number of pyridine rings is 2. The molecule has 1 aromatic carbocycles. The molecule has 3 aromatic rings. The second kappa shape index (κ2) is 6.52. The van der Waals surface area contributed by atoms with E-state index in [0.717, 1.165) is 0 Å². The highest BCUT2D eigenvalue weighted by atomic mass is 16.6. The van der Waals surface area contributed by atoms with Gasteiger partial charge in [0, 0.05) is 24.0 Å². The Bertz CT molecular complexity index is 865. The molecule has 23 heavy (non-hydrogen) atoms. The number of nitro groups is 1. The molecule has 0 radical (unpaired) electrons. The van der Waals surface area contributed by atoms with Crippen molar-refractivity contribution >= 4 is 17.3 Å². The minimum absolute atomic E-state index is 0.00483. The topological polar surface area (TPSA) is 93.6 Å². The Labute approximate surface area is 131 Å². The van der Waals surface area contributed by atoms with Gasteiger partial charge < -0.3 is 0 Å². The van der Waals surface area contributed by atoms with E-state index in [4.69, 9.17) is 0 Å². The fourth-order valence-electron chi connectivity index (χ4n) is 2.06. The fourth-order valence-corrected chi connectivity index (χ4v) is 2.06. The number of nitrogens with zero attached hydrogens (tertiary/aromatic N) is 5. The Balaban J connectivity index is 2.06. The SMILES string of the molecule is O=[N+]([O-])c1ccccc1-c1cccnc1N=Nc1ccccn1. The summed E-state index contributed by atoms with van der Waals surface area (Å²) in [7, 11) is 0. The van der Waals surface area contributed by atoms with E-state index in [-0.39, 0.29) is 5.69 Å². The van der Waals surface area contributed by atoms with Crippen LogP contribution in [0.15, 0.2) is 77.2 Å². The quantitative estimate of drug-likeness (QED) is 0.404. The maximum Gasteiger partial charge on any atom is 0.277 e. The summed E-state index contributed by atoms with van der Waals surface area (Å²) in [6.07, 6.45) is 3.17. The number of benzene rings is 1. The Hall–Kier alpha value is -3.48. The first-order valence-corrected chi connectivity index (χ1v) is 6.77. The highest BCUT2D eigenvalue weighted by Gasteiger charge is 2.17. The Kier molecular flexibility index (Phi) is 4.10. The van der Waals surface area contributed by atoms with Crippen molar-refractivity contribution in [1.82, 2.24) is 9.97 Å². The predicted molar refractivity (Wildman–Crippen MR) is 84.7 cm³/mol. The van der Waals surface area contributed by atoms with Gasteiger partial charge in [-0.25, -0.2) is 9.97 Å². The summed E-state index contributed by atoms with van der Waals surface area (Å²) in [5.41, 5.74) is 0.981. The minimum Gasteiger partial charge on any atom is -0.258 e. The molecular formula is C16H11N5O2. The van der Waals surface area contributed by atoms with Gasteiger partial charge in [0.1, 0.15) is 0 Å². The molecule has 0 bridgehead atoms. The van der Waals surface area contributed by atoms with Gasteiger partial charge in [-0.3, -0.25) is 10.1 Å². The van der Waals surface area contributed by atoms with E-state index in [9.17, 15) is 10.1 Å². The van der Waals surface area contributed by atoms with E-state index in [1.54, 1.807) is 60.9 Å². The number of hydrogen-bond donors (Lipinski definition) is 0. The third-order valence-corrected chi connectivity index (χ3v) is 3.07. The van der Waals surface area contributed by atoms with Gasteiger partial charge in [-0.15, -0.1) is 10.2 Å². The van der Waals surface area contributed by atoms with Crippen molar-refractivity contribution in [2.75, 3.05) is 0 Å². The second-order valence-corrected chi connectivity index (χ2v) is 4.54. The number of azo groups is 1. The van der Waals surface area contributed by atoms with E-state index >= 15 is 0 Å². The molecule has 0 aliphatic heterocycles. The highest BCUT2D eigenvalue weighted by molar-refractivity contribution is 5.80. The van der Waals surface area contributed by atoms with Gasteiger partial charge in [-0.1, -0.05) is 18.2 Å². The summed E-state index contributed by atoms with van der Waals surface area (Å²) < 4.78 is 0. The molecule has 2 heterocycles. The molecule has 7 nitrogen and oxygen atoms in total. The molecule has 3 rings (SSSR count). The van der Waals surface area contributed by atoms with Gasteiger partial charge in [-0.05, 0) is 30.3 Å². The van der Waals surface area contributed by atoms with E-state index in [1.165, 1.54) is 6.07 Å². The van der Waals surface area contributed by atoms with Crippen LogP contribution in [-0.2, 0) is 0 Å². The molecule has 0 unspecified atom stereocenters. The normalized spacial score (nSPS) is 10.8. The van der Waals surface area contributed by atoms with Crippen LogP contribution in [0.2, 0.25) is 0 Å². The molecule has 0 saturated carbocycles. The molecule has 0 aliphatic rings. The second-order valence-electron chi connectivity index (χ2n) is 4.54. The van der Waals surface area contributed by atoms with Crippen LogP contribution in [0.5, 0.6) is 0 Å². The molecule has 0 spiro atoms. The molecule has 7 heteroatoms. The van der Waals surface area contributed by atoms with Gasteiger partial charge in [0.2, 0.25) is 0 Å². The molecule has 112 valence electrons. The maximum atomic E-state index is 11.2. The molecule has 0 atom stereocenters. The maximum absolute atomic E-state index is 11.2. The van der Waals surface area contributed by atoms with E-state index < -0.39 is 4.92 Å². The van der Waals surface area contributed by atoms with E-state index in [1.807, 2.05) is 0 Å². The van der Waals surface area contributed by atoms with Crippen LogP contribution in [0.1, 0.15) is 0 Å². The molecule has 0 fully saturated rings. The molecule has 0 saturated heterocycles. The molecule has 2 aromatic heterocycles. The first-order valence-electron chi connectivity index (χ1n) is 6.77. The summed E-state index contributed by atoms with van der Waals surface area (Å²) in [6, 6.07) is 15.2. The third-order valence-electron chi connectivity index (χ3n) is 3.07. The summed E-state index contributed by atoms with van der Waals surface area (Å²) >= 11 is 0. The molecule has 0 aliphatic carbocycles. The smallest absolute Gasteiger partial charge is 0.258 e. The molecule has 0 N–H and O–H groups in total. The molecular weight excluding hydrogens is 294 g/mol. The zero-order valence-electron chi connectivity index (χ0n) is 11.9. The minimum atomic E-state index is -0.429. The van der Waals surface area contributed by atoms with Crippen molar-refractivity contribution in [2.24, 2.45) is 10.2 Å². The zero-order valence-corrected chi connectivity index (χ0v) is 11.9. The first-order chi connectivity index (χ1) is 11.3. The van der Waals surface area contributed by atoms with Crippen molar-refractivity contribution in [1.29, 1.82) is 0 Å². The van der Waals surface area contributed by atoms with Crippen LogP contribution in [0.3, 0.4) is 0 Å². The van der Waals surface area contributed by atoms with E-state index in [0.29, 0.717) is 22.8 Å². The van der Waals surface area contributed by atoms with Crippen molar-refractivity contribution < 1.29 is 4.92 Å². The summed E-state index contributed by atoms with van der Waals surface area (Å²) in [5.74, 6) is 0.735. The first kappa shape index (κ1) is 14.5. The summed E-state index contributed by atoms with van der Waals surface area (Å²) in [4.78, 5) is 19.0. The Morgan fingerprint density at radius 3 is 2.35 bits per heavy atom. The van der Waals surface area contributed by atoms with Crippen molar-refractivity contribution in [3.63, 3.8) is 0 Å². The molecule has 0 amide bonds. The van der Waals surface area contributed by atoms with Gasteiger partial charge in [-0.2, -0.15) is 0 Å². The average Bonchev–Trinajstić information content (AvgIpc) is 2.61. The van der Waals surface area contributed by atoms with Gasteiger partial charge >= 0.3 is 0 Å². The van der Waals surface area contributed by atoms with Gasteiger partial charge in [0.25, 0.3) is 5.69 Å². The van der Waals surface area contributed by atoms with Gasteiger partial charge in [0.05, 0.1) is 10.5 Å². The summed E-state index contributed by atoms with van der Waals surface area (Å²) in [6.45, 7) is 0. The largest absolute Gasteiger partial charge is 0.277 e. The zero-order chi connectivity index (χ0) is 16.1. The van der Waals surface area contributed by atoms with Crippen molar-refractivity contribution in [2.45, 2.75) is 0 Å². The Morgan fingerprint density at radius 2 is 1.57 bits per heavy atom. The monoisotopic (exact) mass is 305 g/mol. The van der Waals surface area contributed by atoms with Crippen molar-refractivity contribution in [3.05, 3.63) is 77.1 Å². The van der Waals surface area contributed by atoms with Crippen LogP contribution in [0.4, 0.5) is 17.3 Å². The third kappa shape index (κ3) is 3.24. The number of rotatable bonds is 4. The lowest BCUT2D eigenvalue weighted by atomic mass is 10.0. The lowest BCUT2D eigenvalue weighted by Crippen LogP contribution is -1.92. The average molecular weight is 305 g/mol. The lowest BCUT2D eigenvalue weighted by molar-refractivity contribution is -0.384. The standard InChI is InChI=1S/C16H11N5O2/c22-21(23)14-8-2-1-6-12(14)13-7-5-11-18-16(13)20-19-15-9-3-4-10-17-15/h1-11H. The van der Waals surface area contributed by atoms with Crippen LogP contribution >= 0.6 is 0 Å². The van der Waals surface area contributed by atoms with Crippen LogP contribution in [-0.4, -0.2) is 14.9 Å².